The van der Waals surface area contributed by atoms with Gasteiger partial charge in [0, 0.05) is 13.1 Å². The maximum Gasteiger partial charge on any atom is 0.246 e. The highest BCUT2D eigenvalue weighted by molar-refractivity contribution is 7.92. The van der Waals surface area contributed by atoms with E-state index in [1.807, 2.05) is 0 Å². The molecule has 0 saturated carbocycles. The van der Waals surface area contributed by atoms with Gasteiger partial charge in [-0.25, -0.2) is 16.8 Å². The van der Waals surface area contributed by atoms with Crippen LogP contribution >= 0.6 is 11.6 Å². The molecular weight excluding hydrogens is 312 g/mol. The number of hydrogen-bond donors (Lipinski definition) is 1. The molecule has 1 aromatic carbocycles. The van der Waals surface area contributed by atoms with Crippen molar-refractivity contribution in [3.63, 3.8) is 0 Å². The number of sulfone groups is 1. The summed E-state index contributed by atoms with van der Waals surface area (Å²) in [6, 6.07) is 4.43. The highest BCUT2D eigenvalue weighted by Crippen LogP contribution is 2.30. The van der Waals surface area contributed by atoms with Gasteiger partial charge in [0.25, 0.3) is 0 Å². The van der Waals surface area contributed by atoms with Crippen molar-refractivity contribution in [2.24, 2.45) is 0 Å². The first-order chi connectivity index (χ1) is 8.74. The number of nitrogens with zero attached hydrogens (tertiary/aromatic N) is 1. The molecule has 0 unspecified atom stereocenters. The predicted octanol–water partition coefficient (Wildman–Crippen LogP) is 0.341. The molecule has 0 aromatic heterocycles. The second-order valence-electron chi connectivity index (χ2n) is 4.21. The molecule has 0 aliphatic carbocycles. The van der Waals surface area contributed by atoms with Crippen molar-refractivity contribution in [3.8, 4) is 0 Å². The van der Waals surface area contributed by atoms with Crippen molar-refractivity contribution in [1.29, 1.82) is 0 Å². The summed E-state index contributed by atoms with van der Waals surface area (Å²) in [4.78, 5) is -0.157. The Hall–Kier alpha value is -0.830. The number of nitrogens with two attached hydrogens (primary N) is 1. The molecule has 0 atom stereocenters. The lowest BCUT2D eigenvalue weighted by molar-refractivity contribution is 0.431. The number of benzene rings is 1. The van der Waals surface area contributed by atoms with Crippen LogP contribution in [0, 0.1) is 0 Å². The van der Waals surface area contributed by atoms with Crippen molar-refractivity contribution >= 4 is 37.1 Å². The molecule has 0 radical (unpaired) electrons. The van der Waals surface area contributed by atoms with E-state index in [1.165, 1.54) is 12.1 Å². The van der Waals surface area contributed by atoms with Gasteiger partial charge in [0.05, 0.1) is 22.2 Å². The second kappa shape index (κ2) is 4.93. The van der Waals surface area contributed by atoms with Crippen LogP contribution in [0.25, 0.3) is 0 Å². The summed E-state index contributed by atoms with van der Waals surface area (Å²) in [5.74, 6) is -0.368. The van der Waals surface area contributed by atoms with E-state index >= 15 is 0 Å². The van der Waals surface area contributed by atoms with Crippen molar-refractivity contribution in [3.05, 3.63) is 23.2 Å². The van der Waals surface area contributed by atoms with Gasteiger partial charge >= 0.3 is 0 Å². The minimum absolute atomic E-state index is 0.0356. The Kier molecular flexibility index (Phi) is 3.78. The van der Waals surface area contributed by atoms with Crippen molar-refractivity contribution in [2.45, 2.75) is 4.90 Å². The number of halogens is 1. The average molecular weight is 325 g/mol. The molecule has 0 spiro atoms. The van der Waals surface area contributed by atoms with Gasteiger partial charge in [-0.2, -0.15) is 4.31 Å². The fourth-order valence-corrected chi connectivity index (χ4v) is 5.37. The normalized spacial score (nSPS) is 20.3. The summed E-state index contributed by atoms with van der Waals surface area (Å²) in [5.41, 5.74) is 5.72. The fraction of sp³-hybridized carbons (Fsp3) is 0.400. The van der Waals surface area contributed by atoms with Gasteiger partial charge in [-0.05, 0) is 12.1 Å². The van der Waals surface area contributed by atoms with Crippen molar-refractivity contribution < 1.29 is 16.8 Å². The molecule has 6 nitrogen and oxygen atoms in total. The van der Waals surface area contributed by atoms with Crippen LogP contribution in [0.3, 0.4) is 0 Å². The van der Waals surface area contributed by atoms with E-state index in [2.05, 4.69) is 0 Å². The molecule has 1 fully saturated rings. The Morgan fingerprint density at radius 3 is 2.32 bits per heavy atom. The van der Waals surface area contributed by atoms with E-state index in [-0.39, 0.29) is 40.2 Å². The summed E-state index contributed by atoms with van der Waals surface area (Å²) in [5, 5.41) is 0.0356. The maximum absolute atomic E-state index is 12.4. The third-order valence-electron chi connectivity index (χ3n) is 2.90. The summed E-state index contributed by atoms with van der Waals surface area (Å²) < 4.78 is 48.6. The van der Waals surface area contributed by atoms with Crippen LogP contribution in [0.5, 0.6) is 0 Å². The summed E-state index contributed by atoms with van der Waals surface area (Å²) in [7, 11) is -7.01. The van der Waals surface area contributed by atoms with Crippen LogP contribution in [0.4, 0.5) is 5.69 Å². The first-order valence-electron chi connectivity index (χ1n) is 5.48. The fourth-order valence-electron chi connectivity index (χ4n) is 1.86. The molecule has 1 heterocycles. The van der Waals surface area contributed by atoms with Crippen LogP contribution in [0.1, 0.15) is 0 Å². The number of rotatable bonds is 2. The Morgan fingerprint density at radius 1 is 1.21 bits per heavy atom. The van der Waals surface area contributed by atoms with Gasteiger partial charge in [-0.1, -0.05) is 17.7 Å². The quantitative estimate of drug-likeness (QED) is 0.791. The van der Waals surface area contributed by atoms with Gasteiger partial charge in [-0.3, -0.25) is 0 Å². The lowest BCUT2D eigenvalue weighted by Gasteiger charge is -2.26. The lowest BCUT2D eigenvalue weighted by Crippen LogP contribution is -2.43. The summed E-state index contributed by atoms with van der Waals surface area (Å²) >= 11 is 5.89. The van der Waals surface area contributed by atoms with Crippen LogP contribution in [0.2, 0.25) is 5.02 Å². The molecule has 2 N–H and O–H groups in total. The van der Waals surface area contributed by atoms with Gasteiger partial charge < -0.3 is 5.73 Å². The van der Waals surface area contributed by atoms with E-state index < -0.39 is 19.9 Å². The third kappa shape index (κ3) is 2.86. The lowest BCUT2D eigenvalue weighted by atomic mass is 10.3. The Balaban J connectivity index is 2.39. The largest absolute Gasteiger partial charge is 0.398 e. The zero-order valence-electron chi connectivity index (χ0n) is 9.91. The van der Waals surface area contributed by atoms with Crippen LogP contribution in [-0.2, 0) is 19.9 Å². The van der Waals surface area contributed by atoms with Crippen molar-refractivity contribution in [2.75, 3.05) is 30.3 Å². The first kappa shape index (κ1) is 14.6. The highest BCUT2D eigenvalue weighted by Gasteiger charge is 2.33. The van der Waals surface area contributed by atoms with E-state index in [9.17, 15) is 16.8 Å². The van der Waals surface area contributed by atoms with E-state index in [0.29, 0.717) is 0 Å². The molecule has 106 valence electrons. The Morgan fingerprint density at radius 2 is 1.79 bits per heavy atom. The summed E-state index contributed by atoms with van der Waals surface area (Å²) in [6.45, 7) is -0.148. The molecule has 1 aliphatic heterocycles. The van der Waals surface area contributed by atoms with E-state index in [4.69, 9.17) is 17.3 Å². The van der Waals surface area contributed by atoms with Gasteiger partial charge in [0.1, 0.15) is 4.90 Å². The zero-order chi connectivity index (χ0) is 14.3. The maximum atomic E-state index is 12.4. The second-order valence-corrected chi connectivity index (χ2v) is 8.80. The molecular formula is C10H13ClN2O4S2. The number of anilines is 1. The number of hydrogen-bond acceptors (Lipinski definition) is 5. The monoisotopic (exact) mass is 324 g/mol. The molecule has 1 saturated heterocycles. The molecule has 1 aromatic rings. The first-order valence-corrected chi connectivity index (χ1v) is 9.12. The summed E-state index contributed by atoms with van der Waals surface area (Å²) in [6.07, 6.45) is 0. The van der Waals surface area contributed by atoms with Gasteiger partial charge in [0.2, 0.25) is 10.0 Å². The minimum atomic E-state index is -3.86. The van der Waals surface area contributed by atoms with Gasteiger partial charge in [0.15, 0.2) is 9.84 Å². The molecule has 19 heavy (non-hydrogen) atoms. The molecule has 2 rings (SSSR count). The Labute approximate surface area is 117 Å². The number of sulfonamides is 1. The van der Waals surface area contributed by atoms with Crippen LogP contribution < -0.4 is 5.73 Å². The topological polar surface area (TPSA) is 97.5 Å². The minimum Gasteiger partial charge on any atom is -0.398 e. The van der Waals surface area contributed by atoms with E-state index in [0.717, 1.165) is 4.31 Å². The van der Waals surface area contributed by atoms with Gasteiger partial charge in [-0.15, -0.1) is 0 Å². The zero-order valence-corrected chi connectivity index (χ0v) is 12.3. The smallest absolute Gasteiger partial charge is 0.246 e. The van der Waals surface area contributed by atoms with Crippen molar-refractivity contribution in [1.82, 2.24) is 4.31 Å². The van der Waals surface area contributed by atoms with Crippen LogP contribution in [-0.4, -0.2) is 45.7 Å². The van der Waals surface area contributed by atoms with E-state index in [1.54, 1.807) is 6.07 Å². The predicted molar refractivity (Wildman–Crippen MR) is 73.3 cm³/mol. The highest BCUT2D eigenvalue weighted by atomic mass is 35.5. The molecule has 9 heteroatoms. The SMILES string of the molecule is Nc1cccc(Cl)c1S(=O)(=O)N1CCS(=O)(=O)CC1. The Bertz CT molecular complexity index is 666. The van der Waals surface area contributed by atoms with Crippen LogP contribution in [0.15, 0.2) is 23.1 Å². The third-order valence-corrected chi connectivity index (χ3v) is 6.95. The molecule has 1 aliphatic rings. The molecule has 0 bridgehead atoms. The molecule has 0 amide bonds. The average Bonchev–Trinajstić information content (AvgIpc) is 2.27. The standard InChI is InChI=1S/C10H13ClN2O4S2/c11-8-2-1-3-9(12)10(8)19(16,17)13-4-6-18(14,15)7-5-13/h1-3H,4-7,12H2. The number of nitrogen functional groups attached to an aromatic ring is 1.